The van der Waals surface area contributed by atoms with Gasteiger partial charge in [0.2, 0.25) is 0 Å². The third-order valence-electron chi connectivity index (χ3n) is 2.14. The Labute approximate surface area is 93.6 Å². The predicted octanol–water partition coefficient (Wildman–Crippen LogP) is 3.55. The first kappa shape index (κ1) is 9.99. The SMILES string of the molecule is SCCCCc1nc2ccccc2s1. The molecule has 0 amide bonds. The Morgan fingerprint density at radius 3 is 2.86 bits per heavy atom. The standard InChI is InChI=1S/C11H13NS2/c13-8-4-3-7-11-12-9-5-1-2-6-10(9)14-11/h1-2,5-6,13H,3-4,7-8H2. The van der Waals surface area contributed by atoms with Gasteiger partial charge in [-0.05, 0) is 37.1 Å². The van der Waals surface area contributed by atoms with Crippen LogP contribution in [-0.4, -0.2) is 10.7 Å². The smallest absolute Gasteiger partial charge is 0.0938 e. The number of fused-ring (bicyclic) bond motifs is 1. The van der Waals surface area contributed by atoms with Crippen LogP contribution in [0.25, 0.3) is 10.2 Å². The molecule has 2 aromatic rings. The molecule has 0 atom stereocenters. The monoisotopic (exact) mass is 223 g/mol. The molecule has 1 nitrogen and oxygen atoms in total. The predicted molar refractivity (Wildman–Crippen MR) is 66.4 cm³/mol. The molecule has 14 heavy (non-hydrogen) atoms. The Balaban J connectivity index is 2.11. The van der Waals surface area contributed by atoms with Crippen LogP contribution in [-0.2, 0) is 6.42 Å². The van der Waals surface area contributed by atoms with Crippen LogP contribution in [0.2, 0.25) is 0 Å². The lowest BCUT2D eigenvalue weighted by Gasteiger charge is -1.92. The summed E-state index contributed by atoms with van der Waals surface area (Å²) in [7, 11) is 0. The van der Waals surface area contributed by atoms with Crippen molar-refractivity contribution in [3.05, 3.63) is 29.3 Å². The van der Waals surface area contributed by atoms with Crippen molar-refractivity contribution in [3.63, 3.8) is 0 Å². The second kappa shape index (κ2) is 4.80. The highest BCUT2D eigenvalue weighted by atomic mass is 32.1. The summed E-state index contributed by atoms with van der Waals surface area (Å²) in [5.74, 6) is 0.977. The van der Waals surface area contributed by atoms with E-state index < -0.39 is 0 Å². The lowest BCUT2D eigenvalue weighted by molar-refractivity contribution is 0.800. The average molecular weight is 223 g/mol. The van der Waals surface area contributed by atoms with Crippen LogP contribution in [0.1, 0.15) is 17.8 Å². The maximum atomic E-state index is 4.58. The minimum atomic E-state index is 0.977. The molecule has 0 aliphatic rings. The van der Waals surface area contributed by atoms with E-state index >= 15 is 0 Å². The number of hydrogen-bond acceptors (Lipinski definition) is 3. The minimum absolute atomic E-state index is 0.977. The molecule has 0 radical (unpaired) electrons. The van der Waals surface area contributed by atoms with Crippen LogP contribution in [0.3, 0.4) is 0 Å². The van der Waals surface area contributed by atoms with Gasteiger partial charge in [-0.1, -0.05) is 12.1 Å². The number of unbranched alkanes of at least 4 members (excludes halogenated alkanes) is 1. The molecular formula is C11H13NS2. The average Bonchev–Trinajstić information content (AvgIpc) is 2.60. The number of hydrogen-bond donors (Lipinski definition) is 1. The zero-order valence-electron chi connectivity index (χ0n) is 7.94. The summed E-state index contributed by atoms with van der Waals surface area (Å²) < 4.78 is 1.30. The molecule has 0 saturated carbocycles. The van der Waals surface area contributed by atoms with Gasteiger partial charge < -0.3 is 0 Å². The quantitative estimate of drug-likeness (QED) is 0.618. The van der Waals surface area contributed by atoms with E-state index in [2.05, 4.69) is 35.8 Å². The molecule has 74 valence electrons. The van der Waals surface area contributed by atoms with Crippen LogP contribution in [0.5, 0.6) is 0 Å². The third kappa shape index (κ3) is 2.28. The van der Waals surface area contributed by atoms with E-state index in [-0.39, 0.29) is 0 Å². The number of thiazole rings is 1. The molecule has 0 spiro atoms. The molecule has 0 saturated heterocycles. The van der Waals surface area contributed by atoms with Gasteiger partial charge in [-0.15, -0.1) is 11.3 Å². The van der Waals surface area contributed by atoms with Gasteiger partial charge in [-0.25, -0.2) is 4.98 Å². The maximum absolute atomic E-state index is 4.58. The normalized spacial score (nSPS) is 10.9. The molecule has 0 aliphatic carbocycles. The maximum Gasteiger partial charge on any atom is 0.0938 e. The molecule has 2 rings (SSSR count). The molecule has 0 fully saturated rings. The van der Waals surface area contributed by atoms with Crippen LogP contribution in [0.15, 0.2) is 24.3 Å². The molecule has 0 aliphatic heterocycles. The van der Waals surface area contributed by atoms with Crippen molar-refractivity contribution in [1.29, 1.82) is 0 Å². The summed E-state index contributed by atoms with van der Waals surface area (Å²) in [4.78, 5) is 4.58. The Morgan fingerprint density at radius 2 is 2.07 bits per heavy atom. The summed E-state index contributed by atoms with van der Waals surface area (Å²) in [5.41, 5.74) is 1.14. The van der Waals surface area contributed by atoms with Crippen molar-refractivity contribution in [2.75, 3.05) is 5.75 Å². The zero-order valence-corrected chi connectivity index (χ0v) is 9.65. The summed E-state index contributed by atoms with van der Waals surface area (Å²) in [5, 5.41) is 1.26. The summed E-state index contributed by atoms with van der Waals surface area (Å²) in [6.45, 7) is 0. The molecule has 1 aromatic carbocycles. The molecule has 1 aromatic heterocycles. The largest absolute Gasteiger partial charge is 0.241 e. The summed E-state index contributed by atoms with van der Waals surface area (Å²) in [6.07, 6.45) is 3.47. The van der Waals surface area contributed by atoms with Crippen molar-refractivity contribution in [1.82, 2.24) is 4.98 Å². The van der Waals surface area contributed by atoms with Crippen molar-refractivity contribution in [2.45, 2.75) is 19.3 Å². The van der Waals surface area contributed by atoms with Gasteiger partial charge in [-0.3, -0.25) is 0 Å². The summed E-state index contributed by atoms with van der Waals surface area (Å²) >= 11 is 6.01. The van der Waals surface area contributed by atoms with Gasteiger partial charge in [0.25, 0.3) is 0 Å². The van der Waals surface area contributed by atoms with Gasteiger partial charge in [0, 0.05) is 0 Å². The Kier molecular flexibility index (Phi) is 3.43. The number of aromatic nitrogens is 1. The van der Waals surface area contributed by atoms with E-state index in [9.17, 15) is 0 Å². The van der Waals surface area contributed by atoms with Gasteiger partial charge >= 0.3 is 0 Å². The molecule has 0 bridgehead atoms. The fraction of sp³-hybridized carbons (Fsp3) is 0.364. The second-order valence-electron chi connectivity index (χ2n) is 3.26. The van der Waals surface area contributed by atoms with Crippen molar-refractivity contribution >= 4 is 34.2 Å². The van der Waals surface area contributed by atoms with Crippen LogP contribution >= 0.6 is 24.0 Å². The first-order chi connectivity index (χ1) is 6.90. The molecule has 0 unspecified atom stereocenters. The number of nitrogens with zero attached hydrogens (tertiary/aromatic N) is 1. The lowest BCUT2D eigenvalue weighted by atomic mass is 10.2. The highest BCUT2D eigenvalue weighted by Crippen LogP contribution is 2.22. The second-order valence-corrected chi connectivity index (χ2v) is 4.82. The molecular weight excluding hydrogens is 210 g/mol. The van der Waals surface area contributed by atoms with E-state index in [0.717, 1.165) is 17.7 Å². The number of thiol groups is 1. The first-order valence-corrected chi connectivity index (χ1v) is 6.30. The number of aryl methyl sites for hydroxylation is 1. The zero-order chi connectivity index (χ0) is 9.80. The molecule has 1 heterocycles. The van der Waals surface area contributed by atoms with Crippen molar-refractivity contribution in [2.24, 2.45) is 0 Å². The Morgan fingerprint density at radius 1 is 1.21 bits per heavy atom. The Bertz CT molecular complexity index is 375. The van der Waals surface area contributed by atoms with Gasteiger partial charge in [0.1, 0.15) is 0 Å². The fourth-order valence-corrected chi connectivity index (χ4v) is 2.65. The van der Waals surface area contributed by atoms with E-state index in [1.54, 1.807) is 0 Å². The van der Waals surface area contributed by atoms with E-state index in [4.69, 9.17) is 0 Å². The number of rotatable bonds is 4. The fourth-order valence-electron chi connectivity index (χ4n) is 1.41. The third-order valence-corrected chi connectivity index (χ3v) is 3.55. The van der Waals surface area contributed by atoms with Crippen LogP contribution in [0.4, 0.5) is 0 Å². The summed E-state index contributed by atoms with van der Waals surface area (Å²) in [6, 6.07) is 8.32. The highest BCUT2D eigenvalue weighted by molar-refractivity contribution is 7.80. The van der Waals surface area contributed by atoms with Gasteiger partial charge in [0.05, 0.1) is 15.2 Å². The molecule has 0 N–H and O–H groups in total. The number of benzene rings is 1. The first-order valence-electron chi connectivity index (χ1n) is 4.85. The topological polar surface area (TPSA) is 12.9 Å². The van der Waals surface area contributed by atoms with Crippen LogP contribution < -0.4 is 0 Å². The van der Waals surface area contributed by atoms with E-state index in [1.165, 1.54) is 22.5 Å². The minimum Gasteiger partial charge on any atom is -0.241 e. The van der Waals surface area contributed by atoms with E-state index in [0.29, 0.717) is 0 Å². The van der Waals surface area contributed by atoms with E-state index in [1.807, 2.05) is 17.4 Å². The highest BCUT2D eigenvalue weighted by Gasteiger charge is 2.01. The van der Waals surface area contributed by atoms with Gasteiger partial charge in [-0.2, -0.15) is 12.6 Å². The van der Waals surface area contributed by atoms with Crippen molar-refractivity contribution < 1.29 is 0 Å². The van der Waals surface area contributed by atoms with Crippen LogP contribution in [0, 0.1) is 0 Å². The van der Waals surface area contributed by atoms with Crippen molar-refractivity contribution in [3.8, 4) is 0 Å². The molecule has 3 heteroatoms. The Hall–Kier alpha value is -0.540. The number of para-hydroxylation sites is 1. The lowest BCUT2D eigenvalue weighted by Crippen LogP contribution is -1.84. The van der Waals surface area contributed by atoms with Gasteiger partial charge in [0.15, 0.2) is 0 Å².